The second kappa shape index (κ2) is 7.92. The third-order valence-electron chi connectivity index (χ3n) is 3.70. The van der Waals surface area contributed by atoms with Gasteiger partial charge in [0.2, 0.25) is 0 Å². The number of anilines is 2. The Balaban J connectivity index is 2.03. The van der Waals surface area contributed by atoms with Crippen LogP contribution in [0.4, 0.5) is 11.4 Å². The molecule has 0 atom stereocenters. The summed E-state index contributed by atoms with van der Waals surface area (Å²) in [7, 11) is 0. The molecule has 27 heavy (non-hydrogen) atoms. The summed E-state index contributed by atoms with van der Waals surface area (Å²) in [5.74, 6) is -0.984. The molecule has 0 aliphatic carbocycles. The highest BCUT2D eigenvalue weighted by Crippen LogP contribution is 2.24. The molecule has 0 unspecified atom stereocenters. The van der Waals surface area contributed by atoms with Gasteiger partial charge in [0.25, 0.3) is 5.56 Å². The van der Waals surface area contributed by atoms with E-state index < -0.39 is 11.5 Å². The predicted molar refractivity (Wildman–Crippen MR) is 100 cm³/mol. The van der Waals surface area contributed by atoms with E-state index in [1.807, 2.05) is 0 Å². The first-order valence-electron chi connectivity index (χ1n) is 8.09. The Hall–Kier alpha value is -3.32. The van der Waals surface area contributed by atoms with E-state index >= 15 is 0 Å². The highest BCUT2D eigenvalue weighted by atomic mass is 35.5. The number of halogens is 1. The zero-order valence-corrected chi connectivity index (χ0v) is 15.1. The van der Waals surface area contributed by atoms with Crippen molar-refractivity contribution in [3.05, 3.63) is 75.7 Å². The third-order valence-corrected chi connectivity index (χ3v) is 3.96. The Kier molecular flexibility index (Phi) is 5.42. The summed E-state index contributed by atoms with van der Waals surface area (Å²) in [6.45, 7) is 2.15. The lowest BCUT2D eigenvalue weighted by molar-refractivity contribution is -0.255. The van der Waals surface area contributed by atoms with Gasteiger partial charge in [-0.1, -0.05) is 23.7 Å². The first kappa shape index (κ1) is 18.5. The van der Waals surface area contributed by atoms with Crippen LogP contribution < -0.4 is 20.7 Å². The molecule has 3 aromatic rings. The van der Waals surface area contributed by atoms with Crippen molar-refractivity contribution in [3.8, 4) is 11.4 Å². The van der Waals surface area contributed by atoms with E-state index in [0.29, 0.717) is 23.0 Å². The zero-order chi connectivity index (χ0) is 19.4. The number of carbonyl (C=O) groups is 1. The number of nitrogens with zero attached hydrogens (tertiary/aromatic N) is 2. The van der Waals surface area contributed by atoms with E-state index in [9.17, 15) is 14.7 Å². The summed E-state index contributed by atoms with van der Waals surface area (Å²) >= 11 is 5.89. The van der Waals surface area contributed by atoms with Gasteiger partial charge >= 0.3 is 0 Å². The van der Waals surface area contributed by atoms with Crippen LogP contribution in [0.3, 0.4) is 0 Å². The van der Waals surface area contributed by atoms with Crippen molar-refractivity contribution >= 4 is 28.9 Å². The average molecular weight is 385 g/mol. The van der Waals surface area contributed by atoms with Crippen LogP contribution in [-0.4, -0.2) is 22.4 Å². The number of carbonyl (C=O) groups excluding carboxylic acids is 1. The molecule has 0 radical (unpaired) electrons. The summed E-state index contributed by atoms with van der Waals surface area (Å²) < 4.78 is 6.72. The maximum atomic E-state index is 13.0. The number of hydrogen-bond donors (Lipinski definition) is 1. The predicted octanol–water partition coefficient (Wildman–Crippen LogP) is 2.39. The molecule has 0 saturated carbocycles. The maximum Gasteiger partial charge on any atom is 0.299 e. The van der Waals surface area contributed by atoms with Crippen LogP contribution in [0, 0.1) is 0 Å². The van der Waals surface area contributed by atoms with Crippen molar-refractivity contribution in [2.75, 3.05) is 11.9 Å². The average Bonchev–Trinajstić information content (AvgIpc) is 2.66. The van der Waals surface area contributed by atoms with Crippen molar-refractivity contribution in [1.29, 1.82) is 0 Å². The molecule has 3 rings (SSSR count). The van der Waals surface area contributed by atoms with Gasteiger partial charge in [0.1, 0.15) is 0 Å². The lowest BCUT2D eigenvalue weighted by Gasteiger charge is -2.14. The van der Waals surface area contributed by atoms with Crippen LogP contribution >= 0.6 is 11.6 Å². The molecule has 0 bridgehead atoms. The zero-order valence-electron chi connectivity index (χ0n) is 14.3. The van der Waals surface area contributed by atoms with Gasteiger partial charge in [-0.05, 0) is 48.9 Å². The van der Waals surface area contributed by atoms with E-state index in [1.165, 1.54) is 35.1 Å². The number of carboxylic acid groups (broad SMARTS) is 1. The molecule has 0 aliphatic rings. The summed E-state index contributed by atoms with van der Waals surface area (Å²) in [5.41, 5.74) is 0.865. The number of hydrogen-bond acceptors (Lipinski definition) is 6. The van der Waals surface area contributed by atoms with Gasteiger partial charge in [-0.2, -0.15) is 9.78 Å². The van der Waals surface area contributed by atoms with Crippen molar-refractivity contribution < 1.29 is 14.6 Å². The van der Waals surface area contributed by atoms with E-state index in [2.05, 4.69) is 10.4 Å². The Labute approximate surface area is 159 Å². The van der Waals surface area contributed by atoms with Gasteiger partial charge in [0.15, 0.2) is 11.4 Å². The van der Waals surface area contributed by atoms with E-state index in [0.717, 1.165) is 0 Å². The molecule has 0 aliphatic heterocycles. The van der Waals surface area contributed by atoms with E-state index in [-0.39, 0.29) is 17.0 Å². The Morgan fingerprint density at radius 1 is 1.19 bits per heavy atom. The number of carboxylic acids is 1. The Morgan fingerprint density at radius 2 is 1.85 bits per heavy atom. The van der Waals surface area contributed by atoms with Crippen molar-refractivity contribution in [2.24, 2.45) is 0 Å². The minimum atomic E-state index is -1.27. The van der Waals surface area contributed by atoms with Gasteiger partial charge < -0.3 is 20.0 Å². The molecule has 1 N–H and O–H groups in total. The third kappa shape index (κ3) is 4.09. The second-order valence-electron chi connectivity index (χ2n) is 5.50. The van der Waals surface area contributed by atoms with Crippen molar-refractivity contribution in [2.45, 2.75) is 6.92 Å². The molecule has 0 amide bonds. The van der Waals surface area contributed by atoms with Crippen molar-refractivity contribution in [3.63, 3.8) is 0 Å². The SMILES string of the molecule is CCOc1cnn(-c2ccc(Cl)cc2)c(=O)c1Nc1ccc(C(=O)[O-])cc1. The van der Waals surface area contributed by atoms with Crippen LogP contribution in [0.2, 0.25) is 5.02 Å². The molecule has 2 aromatic carbocycles. The smallest absolute Gasteiger partial charge is 0.299 e. The van der Waals surface area contributed by atoms with Crippen molar-refractivity contribution in [1.82, 2.24) is 9.78 Å². The first-order chi connectivity index (χ1) is 13.0. The molecular weight excluding hydrogens is 370 g/mol. The minimum absolute atomic E-state index is 0.0406. The van der Waals surface area contributed by atoms with Gasteiger partial charge in [0.05, 0.1) is 24.5 Å². The summed E-state index contributed by atoms with van der Waals surface area (Å²) in [4.78, 5) is 23.8. The molecule has 8 heteroatoms. The quantitative estimate of drug-likeness (QED) is 0.701. The topological polar surface area (TPSA) is 96.3 Å². The van der Waals surface area contributed by atoms with Gasteiger partial charge in [-0.15, -0.1) is 0 Å². The monoisotopic (exact) mass is 384 g/mol. The molecule has 7 nitrogen and oxygen atoms in total. The van der Waals surface area contributed by atoms with E-state index in [4.69, 9.17) is 16.3 Å². The van der Waals surface area contributed by atoms with Crippen LogP contribution in [-0.2, 0) is 0 Å². The Bertz CT molecular complexity index is 1010. The number of nitrogens with one attached hydrogen (secondary N) is 1. The summed E-state index contributed by atoms with van der Waals surface area (Å²) in [5, 5.41) is 18.5. The van der Waals surface area contributed by atoms with Gasteiger partial charge in [0, 0.05) is 10.7 Å². The van der Waals surface area contributed by atoms with E-state index in [1.54, 1.807) is 31.2 Å². The first-order valence-corrected chi connectivity index (χ1v) is 8.47. The molecular formula is C19H15ClN3O4-. The minimum Gasteiger partial charge on any atom is -0.545 e. The Morgan fingerprint density at radius 3 is 2.44 bits per heavy atom. The number of aromatic nitrogens is 2. The number of benzene rings is 2. The maximum absolute atomic E-state index is 13.0. The molecule has 138 valence electrons. The molecule has 0 fully saturated rings. The van der Waals surface area contributed by atoms with Crippen LogP contribution in [0.25, 0.3) is 5.69 Å². The van der Waals surface area contributed by atoms with Crippen LogP contribution in [0.1, 0.15) is 17.3 Å². The standard InChI is InChI=1S/C19H16ClN3O4/c1-2-27-16-11-21-23(15-9-5-13(20)6-10-15)18(24)17(16)22-14-7-3-12(4-8-14)19(25)26/h3-11,22H,2H2,1H3,(H,25,26)/p-1. The fourth-order valence-corrected chi connectivity index (χ4v) is 2.54. The number of aromatic carboxylic acids is 1. The molecule has 1 aromatic heterocycles. The number of ether oxygens (including phenoxy) is 1. The number of rotatable bonds is 6. The molecule has 0 spiro atoms. The van der Waals surface area contributed by atoms with Crippen LogP contribution in [0.15, 0.2) is 59.5 Å². The summed E-state index contributed by atoms with van der Waals surface area (Å²) in [6, 6.07) is 12.5. The largest absolute Gasteiger partial charge is 0.545 e. The summed E-state index contributed by atoms with van der Waals surface area (Å²) in [6.07, 6.45) is 1.44. The highest BCUT2D eigenvalue weighted by molar-refractivity contribution is 6.30. The fourth-order valence-electron chi connectivity index (χ4n) is 2.42. The fraction of sp³-hybridized carbons (Fsp3) is 0.105. The van der Waals surface area contributed by atoms with Gasteiger partial charge in [-0.25, -0.2) is 0 Å². The molecule has 0 saturated heterocycles. The highest BCUT2D eigenvalue weighted by Gasteiger charge is 2.14. The lowest BCUT2D eigenvalue weighted by atomic mass is 10.2. The van der Waals surface area contributed by atoms with Gasteiger partial charge in [-0.3, -0.25) is 4.79 Å². The molecule has 1 heterocycles. The second-order valence-corrected chi connectivity index (χ2v) is 5.94. The lowest BCUT2D eigenvalue weighted by Crippen LogP contribution is -2.24. The van der Waals surface area contributed by atoms with Crippen LogP contribution in [0.5, 0.6) is 5.75 Å². The normalized spacial score (nSPS) is 10.4.